The highest BCUT2D eigenvalue weighted by Gasteiger charge is 2.22. The number of ether oxygens (including phenoxy) is 1. The molecule has 0 aliphatic carbocycles. The second-order valence-electron chi connectivity index (χ2n) is 5.94. The molecule has 6 nitrogen and oxygen atoms in total. The summed E-state index contributed by atoms with van der Waals surface area (Å²) >= 11 is 0. The van der Waals surface area contributed by atoms with Gasteiger partial charge in [0, 0.05) is 0 Å². The molecule has 0 heterocycles. The largest absolute Gasteiger partial charge is 0.481 e. The number of hydrogen-bond acceptors (Lipinski definition) is 4. The van der Waals surface area contributed by atoms with Crippen molar-refractivity contribution in [1.29, 1.82) is 0 Å². The van der Waals surface area contributed by atoms with Crippen LogP contribution in [0.5, 0.6) is 5.75 Å². The van der Waals surface area contributed by atoms with Crippen molar-refractivity contribution in [2.24, 2.45) is 0 Å². The van der Waals surface area contributed by atoms with Gasteiger partial charge in [-0.15, -0.1) is 4.83 Å². The summed E-state index contributed by atoms with van der Waals surface area (Å²) in [4.78, 5) is 12.9. The van der Waals surface area contributed by atoms with E-state index in [2.05, 4.69) is 0 Å². The Morgan fingerprint density at radius 3 is 2.46 bits per heavy atom. The van der Waals surface area contributed by atoms with E-state index in [1.807, 2.05) is 35.8 Å². The molecule has 0 aliphatic heterocycles. The fourth-order valence-electron chi connectivity index (χ4n) is 2.46. The molecule has 3 aromatic carbocycles. The lowest BCUT2D eigenvalue weighted by Gasteiger charge is -2.16. The first-order chi connectivity index (χ1) is 13.3. The smallest absolute Gasteiger partial charge is 0.275 e. The van der Waals surface area contributed by atoms with E-state index in [4.69, 9.17) is 4.74 Å². The third-order valence-electron chi connectivity index (χ3n) is 3.89. The van der Waals surface area contributed by atoms with Gasteiger partial charge < -0.3 is 4.74 Å². The molecule has 28 heavy (non-hydrogen) atoms. The van der Waals surface area contributed by atoms with E-state index in [-0.39, 0.29) is 0 Å². The van der Waals surface area contributed by atoms with Gasteiger partial charge in [0.15, 0.2) is 6.10 Å². The van der Waals surface area contributed by atoms with E-state index in [1.54, 1.807) is 17.0 Å². The Morgan fingerprint density at radius 2 is 1.71 bits per heavy atom. The zero-order valence-electron chi connectivity index (χ0n) is 14.6. The maximum absolute atomic E-state index is 13.6. The minimum atomic E-state index is -4.50. The number of rotatable bonds is 6. The Kier molecular flexibility index (Phi) is 5.57. The van der Waals surface area contributed by atoms with E-state index in [0.717, 1.165) is 16.8 Å². The number of sulfonamides is 1. The number of amides is 1. The molecular weight excluding hydrogens is 390 g/mol. The van der Waals surface area contributed by atoms with Gasteiger partial charge in [-0.3, -0.25) is 10.2 Å². The minimum absolute atomic E-state index is 0.417. The number of fused-ring (bicyclic) bond motifs is 1. The van der Waals surface area contributed by atoms with Crippen LogP contribution >= 0.6 is 0 Å². The SMILES string of the molecule is C[C@@H](Oc1ccc2ccccc2c1)C(=O)NNS(=O)(=O)c1cc(F)ccc1F. The normalized spacial score (nSPS) is 12.5. The van der Waals surface area contributed by atoms with Gasteiger partial charge in [0.1, 0.15) is 22.3 Å². The summed E-state index contributed by atoms with van der Waals surface area (Å²) in [6.45, 7) is 1.42. The molecule has 1 amide bonds. The van der Waals surface area contributed by atoms with Crippen molar-refractivity contribution < 1.29 is 26.7 Å². The highest BCUT2D eigenvalue weighted by Crippen LogP contribution is 2.21. The van der Waals surface area contributed by atoms with Crippen molar-refractivity contribution in [2.45, 2.75) is 17.9 Å². The van der Waals surface area contributed by atoms with Gasteiger partial charge in [0.2, 0.25) is 0 Å². The molecule has 0 fully saturated rings. The Morgan fingerprint density at radius 1 is 1.00 bits per heavy atom. The third-order valence-corrected chi connectivity index (χ3v) is 5.16. The van der Waals surface area contributed by atoms with Gasteiger partial charge in [-0.1, -0.05) is 30.3 Å². The van der Waals surface area contributed by atoms with E-state index in [0.29, 0.717) is 17.9 Å². The summed E-state index contributed by atoms with van der Waals surface area (Å²) in [5, 5.41) is 1.91. The summed E-state index contributed by atoms with van der Waals surface area (Å²) in [7, 11) is -4.50. The van der Waals surface area contributed by atoms with Crippen LogP contribution in [0.25, 0.3) is 10.8 Å². The molecule has 3 aromatic rings. The lowest BCUT2D eigenvalue weighted by molar-refractivity contribution is -0.127. The molecule has 9 heteroatoms. The molecule has 146 valence electrons. The number of nitrogens with one attached hydrogen (secondary N) is 2. The molecule has 0 saturated heterocycles. The molecule has 0 unspecified atom stereocenters. The van der Waals surface area contributed by atoms with E-state index in [1.165, 1.54) is 6.92 Å². The predicted octanol–water partition coefficient (Wildman–Crippen LogP) is 2.90. The Bertz CT molecular complexity index is 1140. The highest BCUT2D eigenvalue weighted by atomic mass is 32.2. The second-order valence-corrected chi connectivity index (χ2v) is 7.59. The first-order valence-corrected chi connectivity index (χ1v) is 9.67. The standard InChI is InChI=1S/C19H16F2N2O4S/c1-12(27-16-8-6-13-4-2-3-5-14(13)10-16)19(24)22-23-28(25,26)18-11-15(20)7-9-17(18)21/h2-12,23H,1H3,(H,22,24)/t12-/m1/s1. The number of carbonyl (C=O) groups excluding carboxylic acids is 1. The molecule has 0 bridgehead atoms. The zero-order valence-corrected chi connectivity index (χ0v) is 15.5. The number of hydrogen-bond donors (Lipinski definition) is 2. The third kappa shape index (κ3) is 4.44. The van der Waals surface area contributed by atoms with Crippen LogP contribution in [0.3, 0.4) is 0 Å². The Labute approximate surface area is 160 Å². The van der Waals surface area contributed by atoms with Crippen LogP contribution in [0.4, 0.5) is 8.78 Å². The van der Waals surface area contributed by atoms with Crippen LogP contribution in [0.2, 0.25) is 0 Å². The van der Waals surface area contributed by atoms with Crippen molar-refractivity contribution in [3.05, 3.63) is 72.3 Å². The lowest BCUT2D eigenvalue weighted by atomic mass is 10.1. The zero-order chi connectivity index (χ0) is 20.3. The number of hydrazine groups is 1. The van der Waals surface area contributed by atoms with Gasteiger partial charge in [0.25, 0.3) is 15.9 Å². The fourth-order valence-corrected chi connectivity index (χ4v) is 3.39. The highest BCUT2D eigenvalue weighted by molar-refractivity contribution is 7.89. The lowest BCUT2D eigenvalue weighted by Crippen LogP contribution is -2.47. The molecule has 0 aromatic heterocycles. The molecule has 0 aliphatic rings. The average molecular weight is 406 g/mol. The van der Waals surface area contributed by atoms with Gasteiger partial charge >= 0.3 is 0 Å². The summed E-state index contributed by atoms with van der Waals surface area (Å²) in [5.41, 5.74) is 1.93. The molecule has 2 N–H and O–H groups in total. The monoisotopic (exact) mass is 406 g/mol. The van der Waals surface area contributed by atoms with E-state index in [9.17, 15) is 22.0 Å². The first kappa shape index (κ1) is 19.7. The van der Waals surface area contributed by atoms with Gasteiger partial charge in [-0.05, 0) is 48.0 Å². The van der Waals surface area contributed by atoms with E-state index < -0.39 is 38.6 Å². The molecule has 0 radical (unpaired) electrons. The first-order valence-electron chi connectivity index (χ1n) is 8.18. The molecular formula is C19H16F2N2O4S. The van der Waals surface area contributed by atoms with Crippen molar-refractivity contribution in [3.8, 4) is 5.75 Å². The Balaban J connectivity index is 1.65. The molecule has 1 atom stereocenters. The fraction of sp³-hybridized carbons (Fsp3) is 0.105. The minimum Gasteiger partial charge on any atom is -0.481 e. The quantitative estimate of drug-likeness (QED) is 0.617. The summed E-state index contributed by atoms with van der Waals surface area (Å²) < 4.78 is 56.5. The van der Waals surface area contributed by atoms with Crippen LogP contribution in [0.15, 0.2) is 65.6 Å². The van der Waals surface area contributed by atoms with Gasteiger partial charge in [-0.25, -0.2) is 17.2 Å². The summed E-state index contributed by atoms with van der Waals surface area (Å²) in [6.07, 6.45) is -1.05. The Hall–Kier alpha value is -3.04. The number of halogens is 2. The van der Waals surface area contributed by atoms with Crippen molar-refractivity contribution in [1.82, 2.24) is 10.3 Å². The second kappa shape index (κ2) is 7.91. The molecule has 0 saturated carbocycles. The topological polar surface area (TPSA) is 84.5 Å². The summed E-state index contributed by atoms with van der Waals surface area (Å²) in [6, 6.07) is 14.8. The van der Waals surface area contributed by atoms with Crippen LogP contribution in [-0.4, -0.2) is 20.4 Å². The maximum Gasteiger partial charge on any atom is 0.275 e. The van der Waals surface area contributed by atoms with Crippen LogP contribution in [0, 0.1) is 11.6 Å². The van der Waals surface area contributed by atoms with Gasteiger partial charge in [0.05, 0.1) is 0 Å². The van der Waals surface area contributed by atoms with Crippen molar-refractivity contribution >= 4 is 26.7 Å². The predicted molar refractivity (Wildman–Crippen MR) is 98.9 cm³/mol. The van der Waals surface area contributed by atoms with Crippen molar-refractivity contribution in [3.63, 3.8) is 0 Å². The van der Waals surface area contributed by atoms with Crippen LogP contribution < -0.4 is 15.0 Å². The van der Waals surface area contributed by atoms with Crippen LogP contribution in [0.1, 0.15) is 6.92 Å². The maximum atomic E-state index is 13.6. The van der Waals surface area contributed by atoms with E-state index >= 15 is 0 Å². The van der Waals surface area contributed by atoms with Crippen LogP contribution in [-0.2, 0) is 14.8 Å². The summed E-state index contributed by atoms with van der Waals surface area (Å²) in [5.74, 6) is -2.47. The number of benzene rings is 3. The molecule has 0 spiro atoms. The van der Waals surface area contributed by atoms with Gasteiger partial charge in [-0.2, -0.15) is 0 Å². The van der Waals surface area contributed by atoms with Crippen molar-refractivity contribution in [2.75, 3.05) is 0 Å². The molecule has 3 rings (SSSR count). The average Bonchev–Trinajstić information content (AvgIpc) is 2.67. The number of carbonyl (C=O) groups is 1.